The van der Waals surface area contributed by atoms with Gasteiger partial charge in [0, 0.05) is 37.3 Å². The fraction of sp³-hybridized carbons (Fsp3) is 0.250. The Labute approximate surface area is 189 Å². The predicted molar refractivity (Wildman–Crippen MR) is 118 cm³/mol. The van der Waals surface area contributed by atoms with E-state index in [1.54, 1.807) is 12.3 Å². The highest BCUT2D eigenvalue weighted by Crippen LogP contribution is 2.27. The number of pyridine rings is 2. The molecule has 0 radical (unpaired) electrons. The van der Waals surface area contributed by atoms with E-state index in [0.29, 0.717) is 19.0 Å². The molecule has 1 fully saturated rings. The number of aromatic nitrogens is 4. The number of nitrogens with zero attached hydrogens (tertiary/aromatic N) is 4. The van der Waals surface area contributed by atoms with Gasteiger partial charge < -0.3 is 25.4 Å². The van der Waals surface area contributed by atoms with Gasteiger partial charge >= 0.3 is 0 Å². The maximum atomic E-state index is 12.3. The Kier molecular flexibility index (Phi) is 6.44. The second-order valence-electron chi connectivity index (χ2n) is 6.99. The Hall–Kier alpha value is -3.68. The van der Waals surface area contributed by atoms with Crippen LogP contribution in [0, 0.1) is 0 Å². The molecule has 33 heavy (non-hydrogen) atoms. The van der Waals surface area contributed by atoms with Crippen LogP contribution < -0.4 is 16.0 Å². The van der Waals surface area contributed by atoms with Crippen LogP contribution in [0.4, 0.5) is 23.1 Å². The monoisotopic (exact) mass is 471 g/mol. The molecule has 172 valence electrons. The topological polar surface area (TPSA) is 157 Å². The molecule has 0 aliphatic carbocycles. The standard InChI is InChI=1S/C20H21N7O5S/c1-21-19(28)17-13(24-18-14(33(2,29)30)4-3-7-22-18)10-16(26-27-17)25-15-6-5-12(11-23-15)20-31-8-9-32-20/h3-7,10-11,20H,8-9H2,1-2H3,(H,21,28)(H2,22,23,24,25,26). The number of carbonyl (C=O) groups excluding carboxylic acids is 1. The summed E-state index contributed by atoms with van der Waals surface area (Å²) in [5.74, 6) is 0.297. The number of amides is 1. The zero-order valence-corrected chi connectivity index (χ0v) is 18.6. The first-order valence-corrected chi connectivity index (χ1v) is 11.7. The quantitative estimate of drug-likeness (QED) is 0.459. The molecule has 1 aliphatic rings. The van der Waals surface area contributed by atoms with E-state index < -0.39 is 22.0 Å². The Morgan fingerprint density at radius 1 is 1.06 bits per heavy atom. The average Bonchev–Trinajstić information content (AvgIpc) is 3.34. The van der Waals surface area contributed by atoms with Crippen LogP contribution in [0.2, 0.25) is 0 Å². The Balaban J connectivity index is 1.62. The molecule has 3 aromatic heterocycles. The maximum Gasteiger partial charge on any atom is 0.273 e. The minimum Gasteiger partial charge on any atom is -0.354 e. The molecule has 1 saturated heterocycles. The van der Waals surface area contributed by atoms with Gasteiger partial charge in [0.15, 0.2) is 27.6 Å². The van der Waals surface area contributed by atoms with Crippen molar-refractivity contribution in [3.05, 3.63) is 54.0 Å². The molecule has 3 N–H and O–H groups in total. The van der Waals surface area contributed by atoms with Crippen molar-refractivity contribution < 1.29 is 22.7 Å². The highest BCUT2D eigenvalue weighted by molar-refractivity contribution is 7.90. The van der Waals surface area contributed by atoms with Crippen LogP contribution in [0.3, 0.4) is 0 Å². The lowest BCUT2D eigenvalue weighted by atomic mass is 10.2. The second-order valence-corrected chi connectivity index (χ2v) is 8.98. The summed E-state index contributed by atoms with van der Waals surface area (Å²) in [4.78, 5) is 20.7. The van der Waals surface area contributed by atoms with Crippen LogP contribution in [0.25, 0.3) is 0 Å². The molecule has 4 rings (SSSR count). The van der Waals surface area contributed by atoms with Crippen molar-refractivity contribution >= 4 is 38.9 Å². The number of sulfone groups is 1. The minimum atomic E-state index is -3.57. The van der Waals surface area contributed by atoms with E-state index in [1.807, 2.05) is 6.07 Å². The molecule has 0 spiro atoms. The van der Waals surface area contributed by atoms with Gasteiger partial charge in [-0.25, -0.2) is 18.4 Å². The van der Waals surface area contributed by atoms with Crippen molar-refractivity contribution in [3.63, 3.8) is 0 Å². The molecule has 4 heterocycles. The van der Waals surface area contributed by atoms with Crippen LogP contribution in [0.15, 0.2) is 47.6 Å². The van der Waals surface area contributed by atoms with E-state index in [1.165, 1.54) is 31.4 Å². The molecule has 0 bridgehead atoms. The molecule has 1 amide bonds. The number of carbonyl (C=O) groups is 1. The first kappa shape index (κ1) is 22.5. The van der Waals surface area contributed by atoms with Gasteiger partial charge in [0.25, 0.3) is 5.91 Å². The van der Waals surface area contributed by atoms with Gasteiger partial charge in [-0.15, -0.1) is 10.2 Å². The third-order valence-corrected chi connectivity index (χ3v) is 5.72. The smallest absolute Gasteiger partial charge is 0.273 e. The van der Waals surface area contributed by atoms with Crippen molar-refractivity contribution in [2.24, 2.45) is 0 Å². The fourth-order valence-corrected chi connectivity index (χ4v) is 3.83. The van der Waals surface area contributed by atoms with Crippen molar-refractivity contribution in [2.75, 3.05) is 37.2 Å². The van der Waals surface area contributed by atoms with E-state index in [2.05, 4.69) is 36.1 Å². The molecule has 0 saturated carbocycles. The number of ether oxygens (including phenoxy) is 2. The van der Waals surface area contributed by atoms with E-state index >= 15 is 0 Å². The first-order chi connectivity index (χ1) is 15.8. The van der Waals surface area contributed by atoms with Crippen LogP contribution in [-0.2, 0) is 19.3 Å². The third kappa shape index (κ3) is 5.22. The molecule has 0 unspecified atom stereocenters. The molecule has 0 aromatic carbocycles. The van der Waals surface area contributed by atoms with E-state index in [9.17, 15) is 13.2 Å². The van der Waals surface area contributed by atoms with Gasteiger partial charge in [-0.1, -0.05) is 0 Å². The van der Waals surface area contributed by atoms with Crippen molar-refractivity contribution in [1.82, 2.24) is 25.5 Å². The molecule has 12 nitrogen and oxygen atoms in total. The lowest BCUT2D eigenvalue weighted by molar-refractivity contribution is -0.0443. The maximum absolute atomic E-state index is 12.3. The summed E-state index contributed by atoms with van der Waals surface area (Å²) in [6, 6.07) is 7.97. The van der Waals surface area contributed by atoms with Crippen molar-refractivity contribution in [1.29, 1.82) is 0 Å². The van der Waals surface area contributed by atoms with Crippen molar-refractivity contribution in [2.45, 2.75) is 11.2 Å². The summed E-state index contributed by atoms with van der Waals surface area (Å²) in [5.41, 5.74) is 0.955. The van der Waals surface area contributed by atoms with Gasteiger partial charge in [0.1, 0.15) is 16.5 Å². The van der Waals surface area contributed by atoms with E-state index in [0.717, 1.165) is 11.8 Å². The number of rotatable bonds is 7. The molecule has 3 aromatic rings. The summed E-state index contributed by atoms with van der Waals surface area (Å²) in [6.45, 7) is 1.07. The van der Waals surface area contributed by atoms with Gasteiger partial charge in [0.05, 0.1) is 18.9 Å². The fourth-order valence-electron chi connectivity index (χ4n) is 3.05. The number of hydrogen-bond acceptors (Lipinski definition) is 11. The summed E-state index contributed by atoms with van der Waals surface area (Å²) in [5, 5.41) is 16.4. The summed E-state index contributed by atoms with van der Waals surface area (Å²) >= 11 is 0. The Morgan fingerprint density at radius 3 is 2.52 bits per heavy atom. The Morgan fingerprint density at radius 2 is 1.85 bits per heavy atom. The molecular weight excluding hydrogens is 450 g/mol. The van der Waals surface area contributed by atoms with Crippen LogP contribution >= 0.6 is 0 Å². The third-order valence-electron chi connectivity index (χ3n) is 4.60. The highest BCUT2D eigenvalue weighted by Gasteiger charge is 2.20. The van der Waals surface area contributed by atoms with Crippen LogP contribution in [-0.4, -0.2) is 61.0 Å². The normalized spacial score (nSPS) is 14.1. The minimum absolute atomic E-state index is 0.0206. The lowest BCUT2D eigenvalue weighted by Crippen LogP contribution is -2.22. The number of hydrogen-bond donors (Lipinski definition) is 3. The molecule has 13 heteroatoms. The second kappa shape index (κ2) is 9.44. The average molecular weight is 471 g/mol. The highest BCUT2D eigenvalue weighted by atomic mass is 32.2. The Bertz CT molecular complexity index is 1260. The van der Waals surface area contributed by atoms with E-state index in [-0.39, 0.29) is 27.9 Å². The van der Waals surface area contributed by atoms with Crippen molar-refractivity contribution in [3.8, 4) is 0 Å². The summed E-state index contributed by atoms with van der Waals surface area (Å²) < 4.78 is 35.1. The van der Waals surface area contributed by atoms with Crippen LogP contribution in [0.5, 0.6) is 0 Å². The molecule has 1 aliphatic heterocycles. The van der Waals surface area contributed by atoms with Gasteiger partial charge in [-0.2, -0.15) is 0 Å². The summed E-state index contributed by atoms with van der Waals surface area (Å²) in [7, 11) is -2.12. The van der Waals surface area contributed by atoms with Gasteiger partial charge in [-0.05, 0) is 24.3 Å². The molecule has 0 atom stereocenters. The zero-order valence-electron chi connectivity index (χ0n) is 17.8. The lowest BCUT2D eigenvalue weighted by Gasteiger charge is -2.14. The predicted octanol–water partition coefficient (Wildman–Crippen LogP) is 1.56. The molecular formula is C20H21N7O5S. The van der Waals surface area contributed by atoms with Gasteiger partial charge in [-0.3, -0.25) is 4.79 Å². The number of anilines is 4. The first-order valence-electron chi connectivity index (χ1n) is 9.83. The van der Waals surface area contributed by atoms with Crippen LogP contribution in [0.1, 0.15) is 22.3 Å². The largest absolute Gasteiger partial charge is 0.354 e. The SMILES string of the molecule is CNC(=O)c1nnc(Nc2ccc(C3OCCO3)cn2)cc1Nc1ncccc1S(C)(=O)=O. The summed E-state index contributed by atoms with van der Waals surface area (Å²) in [6.07, 6.45) is 3.70. The number of nitrogens with one attached hydrogen (secondary N) is 3. The van der Waals surface area contributed by atoms with E-state index in [4.69, 9.17) is 9.47 Å². The zero-order chi connectivity index (χ0) is 23.4. The van der Waals surface area contributed by atoms with Gasteiger partial charge in [0.2, 0.25) is 0 Å².